The van der Waals surface area contributed by atoms with Crippen LogP contribution in [-0.4, -0.2) is 32.1 Å². The number of hydrogen-bond donors (Lipinski definition) is 2. The maximum atomic E-state index is 12.0. The van der Waals surface area contributed by atoms with Crippen LogP contribution in [0.5, 0.6) is 5.75 Å². The number of rotatable bonds is 9. The number of benzene rings is 2. The summed E-state index contributed by atoms with van der Waals surface area (Å²) in [6, 6.07) is 18.7. The standard InChI is InChI=1S/C22H28N2O2/c25-22(20-12-13-23-17-20)24-14-11-19-8-4-10-21(16-19)26-15-5-9-18-6-2-1-3-7-18/h1-4,6-8,10,16,20,23H,5,9,11-15,17H2,(H,24,25). The smallest absolute Gasteiger partial charge is 0.224 e. The highest BCUT2D eigenvalue weighted by molar-refractivity contribution is 5.79. The molecular weight excluding hydrogens is 324 g/mol. The Bertz CT molecular complexity index is 682. The highest BCUT2D eigenvalue weighted by atomic mass is 16.5. The lowest BCUT2D eigenvalue weighted by Crippen LogP contribution is -2.33. The fraction of sp³-hybridized carbons (Fsp3) is 0.409. The summed E-state index contributed by atoms with van der Waals surface area (Å²) in [5.41, 5.74) is 2.54. The molecule has 0 aliphatic carbocycles. The summed E-state index contributed by atoms with van der Waals surface area (Å²) < 4.78 is 5.88. The first-order chi connectivity index (χ1) is 12.8. The van der Waals surface area contributed by atoms with Gasteiger partial charge in [-0.05, 0) is 55.5 Å². The predicted octanol–water partition coefficient (Wildman–Crippen LogP) is 2.97. The molecule has 1 heterocycles. The van der Waals surface area contributed by atoms with Crippen molar-refractivity contribution in [3.63, 3.8) is 0 Å². The summed E-state index contributed by atoms with van der Waals surface area (Å²) in [5, 5.41) is 6.27. The largest absolute Gasteiger partial charge is 0.494 e. The number of hydrogen-bond acceptors (Lipinski definition) is 3. The van der Waals surface area contributed by atoms with E-state index >= 15 is 0 Å². The first-order valence-corrected chi connectivity index (χ1v) is 9.55. The second-order valence-corrected chi connectivity index (χ2v) is 6.82. The van der Waals surface area contributed by atoms with Crippen LogP contribution in [0, 0.1) is 5.92 Å². The minimum Gasteiger partial charge on any atom is -0.494 e. The van der Waals surface area contributed by atoms with Crippen LogP contribution in [0.15, 0.2) is 54.6 Å². The molecule has 4 heteroatoms. The Morgan fingerprint density at radius 2 is 1.92 bits per heavy atom. The molecule has 1 unspecified atom stereocenters. The molecule has 0 spiro atoms. The van der Waals surface area contributed by atoms with Gasteiger partial charge in [0.25, 0.3) is 0 Å². The molecule has 2 N–H and O–H groups in total. The van der Waals surface area contributed by atoms with Crippen molar-refractivity contribution in [1.82, 2.24) is 10.6 Å². The Morgan fingerprint density at radius 3 is 2.73 bits per heavy atom. The highest BCUT2D eigenvalue weighted by Gasteiger charge is 2.21. The van der Waals surface area contributed by atoms with Gasteiger partial charge in [0.15, 0.2) is 0 Å². The third kappa shape index (κ3) is 5.88. The van der Waals surface area contributed by atoms with E-state index in [9.17, 15) is 4.79 Å². The third-order valence-electron chi connectivity index (χ3n) is 4.76. The third-order valence-corrected chi connectivity index (χ3v) is 4.76. The summed E-state index contributed by atoms with van der Waals surface area (Å²) in [6.07, 6.45) is 3.80. The molecule has 2 aromatic carbocycles. The van der Waals surface area contributed by atoms with Crippen molar-refractivity contribution in [2.45, 2.75) is 25.7 Å². The second kappa shape index (κ2) is 9.97. The van der Waals surface area contributed by atoms with Gasteiger partial charge in [0, 0.05) is 13.1 Å². The number of amides is 1. The molecule has 1 amide bonds. The van der Waals surface area contributed by atoms with Crippen molar-refractivity contribution in [1.29, 1.82) is 0 Å². The zero-order chi connectivity index (χ0) is 18.0. The van der Waals surface area contributed by atoms with Crippen LogP contribution in [0.4, 0.5) is 0 Å². The Morgan fingerprint density at radius 1 is 1.08 bits per heavy atom. The SMILES string of the molecule is O=C(NCCc1cccc(OCCCc2ccccc2)c1)C1CCNC1. The van der Waals surface area contributed by atoms with Crippen molar-refractivity contribution in [2.75, 3.05) is 26.2 Å². The van der Waals surface area contributed by atoms with Gasteiger partial charge in [-0.2, -0.15) is 0 Å². The van der Waals surface area contributed by atoms with Gasteiger partial charge in [0.05, 0.1) is 12.5 Å². The van der Waals surface area contributed by atoms with E-state index in [1.54, 1.807) is 0 Å². The van der Waals surface area contributed by atoms with Crippen molar-refractivity contribution in [3.8, 4) is 5.75 Å². The van der Waals surface area contributed by atoms with Crippen LogP contribution < -0.4 is 15.4 Å². The topological polar surface area (TPSA) is 50.4 Å². The fourth-order valence-electron chi connectivity index (χ4n) is 3.25. The van der Waals surface area contributed by atoms with E-state index in [0.717, 1.165) is 44.5 Å². The van der Waals surface area contributed by atoms with Gasteiger partial charge in [0.2, 0.25) is 5.91 Å². The highest BCUT2D eigenvalue weighted by Crippen LogP contribution is 2.15. The summed E-state index contributed by atoms with van der Waals surface area (Å²) in [4.78, 5) is 12.0. The molecule has 1 aliphatic heterocycles. The van der Waals surface area contributed by atoms with Crippen molar-refractivity contribution < 1.29 is 9.53 Å². The minimum atomic E-state index is 0.134. The lowest BCUT2D eigenvalue weighted by molar-refractivity contribution is -0.124. The van der Waals surface area contributed by atoms with Gasteiger partial charge in [-0.15, -0.1) is 0 Å². The Balaban J connectivity index is 1.36. The molecule has 26 heavy (non-hydrogen) atoms. The van der Waals surface area contributed by atoms with Crippen molar-refractivity contribution >= 4 is 5.91 Å². The molecule has 138 valence electrons. The summed E-state index contributed by atoms with van der Waals surface area (Å²) in [7, 11) is 0. The molecule has 1 atom stereocenters. The van der Waals surface area contributed by atoms with E-state index in [4.69, 9.17) is 4.74 Å². The minimum absolute atomic E-state index is 0.134. The van der Waals surface area contributed by atoms with E-state index in [2.05, 4.69) is 47.0 Å². The van der Waals surface area contributed by atoms with Crippen molar-refractivity contribution in [3.05, 3.63) is 65.7 Å². The van der Waals surface area contributed by atoms with E-state index in [0.29, 0.717) is 13.2 Å². The molecule has 2 aromatic rings. The molecular formula is C22H28N2O2. The van der Waals surface area contributed by atoms with E-state index < -0.39 is 0 Å². The first kappa shape index (κ1) is 18.5. The maximum absolute atomic E-state index is 12.0. The predicted molar refractivity (Wildman–Crippen MR) is 104 cm³/mol. The molecule has 1 aliphatic rings. The van der Waals surface area contributed by atoms with Crippen LogP contribution in [-0.2, 0) is 17.6 Å². The molecule has 0 bridgehead atoms. The maximum Gasteiger partial charge on any atom is 0.224 e. The first-order valence-electron chi connectivity index (χ1n) is 9.55. The molecule has 1 fully saturated rings. The average molecular weight is 352 g/mol. The van der Waals surface area contributed by atoms with Crippen LogP contribution in [0.2, 0.25) is 0 Å². The lowest BCUT2D eigenvalue weighted by atomic mass is 10.1. The van der Waals surface area contributed by atoms with Gasteiger partial charge < -0.3 is 15.4 Å². The van der Waals surface area contributed by atoms with E-state index in [1.807, 2.05) is 18.2 Å². The van der Waals surface area contributed by atoms with Gasteiger partial charge >= 0.3 is 0 Å². The van der Waals surface area contributed by atoms with Gasteiger partial charge in [-0.1, -0.05) is 42.5 Å². The average Bonchev–Trinajstić information content (AvgIpc) is 3.21. The number of aryl methyl sites for hydroxylation is 1. The van der Waals surface area contributed by atoms with Crippen LogP contribution in [0.3, 0.4) is 0 Å². The Labute approximate surface area is 156 Å². The summed E-state index contributed by atoms with van der Waals surface area (Å²) >= 11 is 0. The van der Waals surface area contributed by atoms with Crippen LogP contribution in [0.25, 0.3) is 0 Å². The van der Waals surface area contributed by atoms with Gasteiger partial charge in [-0.25, -0.2) is 0 Å². The van der Waals surface area contributed by atoms with Crippen LogP contribution in [0.1, 0.15) is 24.0 Å². The molecule has 0 radical (unpaired) electrons. The van der Waals surface area contributed by atoms with Crippen LogP contribution >= 0.6 is 0 Å². The molecule has 1 saturated heterocycles. The van der Waals surface area contributed by atoms with Crippen molar-refractivity contribution in [2.24, 2.45) is 5.92 Å². The Kier molecular flexibility index (Phi) is 7.08. The summed E-state index contributed by atoms with van der Waals surface area (Å²) in [5.74, 6) is 1.21. The quantitative estimate of drug-likeness (QED) is 0.682. The fourth-order valence-corrected chi connectivity index (χ4v) is 3.25. The Hall–Kier alpha value is -2.33. The van der Waals surface area contributed by atoms with Gasteiger partial charge in [-0.3, -0.25) is 4.79 Å². The zero-order valence-corrected chi connectivity index (χ0v) is 15.2. The number of carbonyl (C=O) groups excluding carboxylic acids is 1. The summed E-state index contributed by atoms with van der Waals surface area (Å²) in [6.45, 7) is 3.14. The zero-order valence-electron chi connectivity index (χ0n) is 15.2. The molecule has 0 aromatic heterocycles. The number of ether oxygens (including phenoxy) is 1. The van der Waals surface area contributed by atoms with E-state index in [1.165, 1.54) is 11.1 Å². The monoisotopic (exact) mass is 352 g/mol. The normalized spacial score (nSPS) is 16.4. The molecule has 0 saturated carbocycles. The lowest BCUT2D eigenvalue weighted by Gasteiger charge is -2.11. The number of nitrogens with one attached hydrogen (secondary N) is 2. The number of carbonyl (C=O) groups is 1. The molecule has 3 rings (SSSR count). The second-order valence-electron chi connectivity index (χ2n) is 6.82. The van der Waals surface area contributed by atoms with E-state index in [-0.39, 0.29) is 11.8 Å². The molecule has 4 nitrogen and oxygen atoms in total. The van der Waals surface area contributed by atoms with Gasteiger partial charge in [0.1, 0.15) is 5.75 Å².